The SMILES string of the molecule is c1ccc(-c2nc3c(o2)c(N(c2ccc(-c4cccc5ccccc45)cc2)c2cccc4c2sc2ccccc24)cc2oc4ccccc4c23)cc1. The van der Waals surface area contributed by atoms with Gasteiger partial charge in [0.05, 0.1) is 21.5 Å². The number of anilines is 3. The average Bonchev–Trinajstić information content (AvgIpc) is 3.92. The van der Waals surface area contributed by atoms with E-state index >= 15 is 0 Å². The summed E-state index contributed by atoms with van der Waals surface area (Å²) in [6, 6.07) is 59.6. The molecule has 0 radical (unpaired) electrons. The summed E-state index contributed by atoms with van der Waals surface area (Å²) < 4.78 is 15.9. The molecule has 3 heterocycles. The summed E-state index contributed by atoms with van der Waals surface area (Å²) in [5, 5.41) is 6.89. The zero-order valence-electron chi connectivity index (χ0n) is 27.8. The molecule has 0 saturated carbocycles. The van der Waals surface area contributed by atoms with E-state index in [1.807, 2.05) is 59.9 Å². The quantitative estimate of drug-likeness (QED) is 0.181. The molecular weight excluding hydrogens is 657 g/mol. The van der Waals surface area contributed by atoms with Crippen molar-refractivity contribution in [1.82, 2.24) is 4.98 Å². The maximum absolute atomic E-state index is 6.86. The van der Waals surface area contributed by atoms with Crippen LogP contribution in [0.5, 0.6) is 0 Å². The summed E-state index contributed by atoms with van der Waals surface area (Å²) in [6.07, 6.45) is 0. The van der Waals surface area contributed by atoms with E-state index in [1.54, 1.807) is 0 Å². The van der Waals surface area contributed by atoms with Gasteiger partial charge in [-0.15, -0.1) is 11.3 Å². The van der Waals surface area contributed by atoms with Crippen LogP contribution >= 0.6 is 11.3 Å². The Kier molecular flexibility index (Phi) is 6.39. The Labute approximate surface area is 302 Å². The lowest BCUT2D eigenvalue weighted by Crippen LogP contribution is -2.10. The fourth-order valence-electron chi connectivity index (χ4n) is 7.72. The number of rotatable bonds is 5. The van der Waals surface area contributed by atoms with E-state index in [2.05, 4.69) is 126 Å². The van der Waals surface area contributed by atoms with Gasteiger partial charge < -0.3 is 13.7 Å². The van der Waals surface area contributed by atoms with E-state index < -0.39 is 0 Å². The van der Waals surface area contributed by atoms with Crippen LogP contribution in [0, 0.1) is 0 Å². The molecule has 0 atom stereocenters. The van der Waals surface area contributed by atoms with Crippen molar-refractivity contribution in [2.75, 3.05) is 4.90 Å². The summed E-state index contributed by atoms with van der Waals surface area (Å²) in [5.41, 5.74) is 9.26. The van der Waals surface area contributed by atoms with Gasteiger partial charge in [0.2, 0.25) is 5.89 Å². The third kappa shape index (κ3) is 4.43. The largest absolute Gasteiger partial charge is 0.456 e. The molecule has 3 aromatic heterocycles. The molecule has 5 heteroatoms. The summed E-state index contributed by atoms with van der Waals surface area (Å²) in [7, 11) is 0. The van der Waals surface area contributed by atoms with Crippen LogP contribution in [0.3, 0.4) is 0 Å². The third-order valence-electron chi connectivity index (χ3n) is 10.1. The molecule has 0 unspecified atom stereocenters. The lowest BCUT2D eigenvalue weighted by Gasteiger charge is -2.26. The fourth-order valence-corrected chi connectivity index (χ4v) is 8.92. The summed E-state index contributed by atoms with van der Waals surface area (Å²) >= 11 is 1.81. The average molecular weight is 685 g/mol. The smallest absolute Gasteiger partial charge is 0.227 e. The van der Waals surface area contributed by atoms with Crippen LogP contribution in [0.2, 0.25) is 0 Å². The van der Waals surface area contributed by atoms with E-state index in [9.17, 15) is 0 Å². The lowest BCUT2D eigenvalue weighted by molar-refractivity contribution is 0.620. The topological polar surface area (TPSA) is 42.4 Å². The molecule has 0 amide bonds. The normalized spacial score (nSPS) is 11.8. The zero-order valence-corrected chi connectivity index (χ0v) is 28.6. The Morgan fingerprint density at radius 2 is 1.21 bits per heavy atom. The molecule has 11 aromatic rings. The van der Waals surface area contributed by atoms with Crippen molar-refractivity contribution < 1.29 is 8.83 Å². The first-order valence-electron chi connectivity index (χ1n) is 17.4. The van der Waals surface area contributed by atoms with Crippen molar-refractivity contribution >= 4 is 92.4 Å². The predicted octanol–water partition coefficient (Wildman–Crippen LogP) is 14.1. The van der Waals surface area contributed by atoms with Crippen LogP contribution in [-0.4, -0.2) is 4.98 Å². The Morgan fingerprint density at radius 1 is 0.500 bits per heavy atom. The number of benzene rings is 8. The van der Waals surface area contributed by atoms with Crippen LogP contribution in [0.15, 0.2) is 179 Å². The molecule has 0 aliphatic rings. The fraction of sp³-hybridized carbons (Fsp3) is 0. The second-order valence-electron chi connectivity index (χ2n) is 13.1. The lowest BCUT2D eigenvalue weighted by atomic mass is 9.98. The van der Waals surface area contributed by atoms with Gasteiger partial charge in [0.15, 0.2) is 5.58 Å². The summed E-state index contributed by atoms with van der Waals surface area (Å²) in [4.78, 5) is 7.51. The number of thiophene rings is 1. The molecule has 0 bridgehead atoms. The molecule has 0 N–H and O–H groups in total. The van der Waals surface area contributed by atoms with Gasteiger partial charge in [-0.2, -0.15) is 0 Å². The van der Waals surface area contributed by atoms with Crippen molar-refractivity contribution in [2.24, 2.45) is 0 Å². The van der Waals surface area contributed by atoms with Gasteiger partial charge in [0.25, 0.3) is 0 Å². The first-order valence-corrected chi connectivity index (χ1v) is 18.2. The van der Waals surface area contributed by atoms with Crippen molar-refractivity contribution in [3.05, 3.63) is 170 Å². The van der Waals surface area contributed by atoms with Gasteiger partial charge in [0.1, 0.15) is 16.7 Å². The highest BCUT2D eigenvalue weighted by atomic mass is 32.1. The number of para-hydroxylation sites is 1. The molecule has 0 spiro atoms. The second-order valence-corrected chi connectivity index (χ2v) is 14.1. The number of aromatic nitrogens is 1. The maximum Gasteiger partial charge on any atom is 0.227 e. The third-order valence-corrected chi connectivity index (χ3v) is 11.3. The van der Waals surface area contributed by atoms with Crippen LogP contribution in [0.4, 0.5) is 17.1 Å². The minimum atomic E-state index is 0.570. The monoisotopic (exact) mass is 684 g/mol. The molecule has 11 rings (SSSR count). The Balaban J connectivity index is 1.21. The van der Waals surface area contributed by atoms with Gasteiger partial charge in [-0.3, -0.25) is 0 Å². The molecule has 0 aliphatic heterocycles. The molecule has 0 saturated heterocycles. The van der Waals surface area contributed by atoms with Crippen LogP contribution in [-0.2, 0) is 0 Å². The van der Waals surface area contributed by atoms with Gasteiger partial charge in [-0.25, -0.2) is 4.98 Å². The van der Waals surface area contributed by atoms with E-state index in [0.29, 0.717) is 11.5 Å². The predicted molar refractivity (Wildman–Crippen MR) is 217 cm³/mol. The van der Waals surface area contributed by atoms with Gasteiger partial charge in [0, 0.05) is 38.2 Å². The molecule has 0 aliphatic carbocycles. The molecule has 4 nitrogen and oxygen atoms in total. The molecule has 8 aromatic carbocycles. The highest BCUT2D eigenvalue weighted by Gasteiger charge is 2.26. The van der Waals surface area contributed by atoms with E-state index in [-0.39, 0.29) is 0 Å². The highest BCUT2D eigenvalue weighted by molar-refractivity contribution is 7.26. The Hall–Kier alpha value is -6.69. The number of oxazole rings is 1. The summed E-state index contributed by atoms with van der Waals surface area (Å²) in [6.45, 7) is 0. The van der Waals surface area contributed by atoms with Crippen molar-refractivity contribution in [3.63, 3.8) is 0 Å². The standard InChI is InChI=1S/C47H28N2O2S/c1-2-13-31(14-3-1)47-48-44-43-37-18-6-8-22-40(37)50-41(43)28-39(45(44)51-47)49(38-21-11-20-36-35-17-7-9-23-42(35)52-46(36)38)32-26-24-30(25-27-32)34-19-10-15-29-12-4-5-16-33(29)34/h1-28H. The minimum absolute atomic E-state index is 0.570. The zero-order chi connectivity index (χ0) is 34.2. The summed E-state index contributed by atoms with van der Waals surface area (Å²) in [5.74, 6) is 0.570. The van der Waals surface area contributed by atoms with E-state index in [0.717, 1.165) is 55.6 Å². The number of furan rings is 1. The highest BCUT2D eigenvalue weighted by Crippen LogP contribution is 2.49. The van der Waals surface area contributed by atoms with E-state index in [4.69, 9.17) is 13.8 Å². The van der Waals surface area contributed by atoms with Crippen molar-refractivity contribution in [2.45, 2.75) is 0 Å². The van der Waals surface area contributed by atoms with Crippen LogP contribution < -0.4 is 4.90 Å². The Bertz CT molecular complexity index is 3130. The van der Waals surface area contributed by atoms with Crippen LogP contribution in [0.25, 0.3) is 86.6 Å². The first-order chi connectivity index (χ1) is 25.8. The van der Waals surface area contributed by atoms with Crippen LogP contribution in [0.1, 0.15) is 0 Å². The van der Waals surface area contributed by atoms with Gasteiger partial charge in [-0.05, 0) is 64.4 Å². The maximum atomic E-state index is 6.86. The molecular formula is C47H28N2O2S. The Morgan fingerprint density at radius 3 is 2.10 bits per heavy atom. The molecule has 0 fully saturated rings. The number of hydrogen-bond acceptors (Lipinski definition) is 5. The van der Waals surface area contributed by atoms with Crippen molar-refractivity contribution in [3.8, 4) is 22.6 Å². The number of hydrogen-bond donors (Lipinski definition) is 0. The minimum Gasteiger partial charge on any atom is -0.456 e. The first kappa shape index (κ1) is 29.1. The number of fused-ring (bicyclic) bond motifs is 9. The van der Waals surface area contributed by atoms with Gasteiger partial charge in [-0.1, -0.05) is 121 Å². The molecule has 244 valence electrons. The second kappa shape index (κ2) is 11.4. The number of nitrogens with zero attached hydrogens (tertiary/aromatic N) is 2. The van der Waals surface area contributed by atoms with E-state index in [1.165, 1.54) is 36.5 Å². The molecule has 52 heavy (non-hydrogen) atoms. The van der Waals surface area contributed by atoms with Crippen molar-refractivity contribution in [1.29, 1.82) is 0 Å². The van der Waals surface area contributed by atoms with Gasteiger partial charge >= 0.3 is 0 Å².